The second-order valence-electron chi connectivity index (χ2n) is 7.41. The Hall–Kier alpha value is -2.55. The highest BCUT2D eigenvalue weighted by atomic mass is 35.5. The van der Waals surface area contributed by atoms with Gasteiger partial charge in [0.15, 0.2) is 0 Å². The van der Waals surface area contributed by atoms with Gasteiger partial charge in [0.25, 0.3) is 5.69 Å². The minimum atomic E-state index is -0.456. The lowest BCUT2D eigenvalue weighted by atomic mass is 10.1. The molecule has 0 radical (unpaired) electrons. The molecule has 0 atom stereocenters. The number of rotatable bonds is 7. The molecule has 1 fully saturated rings. The maximum Gasteiger partial charge on any atom is 0.269 e. The number of hydrogen-bond acceptors (Lipinski definition) is 5. The first kappa shape index (κ1) is 22.1. The number of aryl methyl sites for hydroxylation is 1. The summed E-state index contributed by atoms with van der Waals surface area (Å²) in [5, 5.41) is 14.1. The van der Waals surface area contributed by atoms with Gasteiger partial charge >= 0.3 is 0 Å². The van der Waals surface area contributed by atoms with Crippen molar-refractivity contribution in [2.24, 2.45) is 0 Å². The Bertz CT molecular complexity index is 932. The molecule has 1 aliphatic heterocycles. The van der Waals surface area contributed by atoms with Crippen LogP contribution in [0.25, 0.3) is 0 Å². The standard InChI is InChI=1S/C21H24ClFN4O3/c1-15-12-18(27(29)30)4-5-20(15)24-21(28)6-7-25-8-10-26(11-9-25)14-16-2-3-17(23)13-19(16)22/h2-5,12-13H,6-11,14H2,1H3,(H,24,28). The lowest BCUT2D eigenvalue weighted by Gasteiger charge is -2.34. The summed E-state index contributed by atoms with van der Waals surface area (Å²) in [6.07, 6.45) is 0.347. The van der Waals surface area contributed by atoms with Crippen molar-refractivity contribution >= 4 is 28.9 Å². The Morgan fingerprint density at radius 2 is 1.87 bits per heavy atom. The molecule has 0 unspecified atom stereocenters. The van der Waals surface area contributed by atoms with Crippen molar-refractivity contribution in [3.63, 3.8) is 0 Å². The maximum atomic E-state index is 13.2. The number of nitro benzene ring substituents is 1. The Kier molecular flexibility index (Phi) is 7.36. The fraction of sp³-hybridized carbons (Fsp3) is 0.381. The van der Waals surface area contributed by atoms with Gasteiger partial charge in [0, 0.05) is 68.5 Å². The molecular weight excluding hydrogens is 411 g/mol. The van der Waals surface area contributed by atoms with Crippen molar-refractivity contribution in [1.82, 2.24) is 9.80 Å². The molecule has 9 heteroatoms. The molecule has 0 saturated carbocycles. The van der Waals surface area contributed by atoms with Crippen LogP contribution in [0.4, 0.5) is 15.8 Å². The van der Waals surface area contributed by atoms with Gasteiger partial charge in [0.05, 0.1) is 4.92 Å². The second-order valence-corrected chi connectivity index (χ2v) is 7.82. The average Bonchev–Trinajstić information content (AvgIpc) is 2.71. The summed E-state index contributed by atoms with van der Waals surface area (Å²) in [7, 11) is 0. The largest absolute Gasteiger partial charge is 0.326 e. The molecule has 160 valence electrons. The number of piperazine rings is 1. The number of halogens is 2. The van der Waals surface area contributed by atoms with E-state index >= 15 is 0 Å². The Morgan fingerprint density at radius 1 is 1.17 bits per heavy atom. The Balaban J connectivity index is 1.42. The lowest BCUT2D eigenvalue weighted by molar-refractivity contribution is -0.384. The highest BCUT2D eigenvalue weighted by Crippen LogP contribution is 2.22. The Morgan fingerprint density at radius 3 is 2.50 bits per heavy atom. The number of non-ortho nitro benzene ring substituents is 1. The van der Waals surface area contributed by atoms with Crippen LogP contribution in [0.3, 0.4) is 0 Å². The summed E-state index contributed by atoms with van der Waals surface area (Å²) in [5.41, 5.74) is 2.16. The first-order chi connectivity index (χ1) is 14.3. The number of nitrogens with one attached hydrogen (secondary N) is 1. The first-order valence-corrected chi connectivity index (χ1v) is 10.1. The lowest BCUT2D eigenvalue weighted by Crippen LogP contribution is -2.46. The van der Waals surface area contributed by atoms with Crippen LogP contribution in [0.5, 0.6) is 0 Å². The minimum Gasteiger partial charge on any atom is -0.326 e. The third-order valence-electron chi connectivity index (χ3n) is 5.22. The minimum absolute atomic E-state index is 0.00490. The number of carbonyl (C=O) groups is 1. The smallest absolute Gasteiger partial charge is 0.269 e. The highest BCUT2D eigenvalue weighted by Gasteiger charge is 2.19. The topological polar surface area (TPSA) is 78.7 Å². The molecule has 1 heterocycles. The SMILES string of the molecule is Cc1cc([N+](=O)[O-])ccc1NC(=O)CCN1CCN(Cc2ccc(F)cc2Cl)CC1. The van der Waals surface area contributed by atoms with Crippen LogP contribution in [0.2, 0.25) is 5.02 Å². The van der Waals surface area contributed by atoms with Gasteiger partial charge in [-0.25, -0.2) is 4.39 Å². The van der Waals surface area contributed by atoms with Crippen LogP contribution in [-0.2, 0) is 11.3 Å². The normalized spacial score (nSPS) is 15.2. The molecule has 0 spiro atoms. The number of nitro groups is 1. The summed E-state index contributed by atoms with van der Waals surface area (Å²) in [6, 6.07) is 8.86. The van der Waals surface area contributed by atoms with E-state index in [0.29, 0.717) is 35.8 Å². The van der Waals surface area contributed by atoms with E-state index in [-0.39, 0.29) is 17.4 Å². The van der Waals surface area contributed by atoms with E-state index < -0.39 is 4.92 Å². The number of hydrogen-bond donors (Lipinski definition) is 1. The summed E-state index contributed by atoms with van der Waals surface area (Å²) >= 11 is 6.11. The van der Waals surface area contributed by atoms with Crippen LogP contribution in [-0.4, -0.2) is 53.4 Å². The number of carbonyl (C=O) groups excluding carboxylic acids is 1. The number of anilines is 1. The molecule has 30 heavy (non-hydrogen) atoms. The van der Waals surface area contributed by atoms with Gasteiger partial charge in [-0.3, -0.25) is 19.8 Å². The number of nitrogens with zero attached hydrogens (tertiary/aromatic N) is 3. The van der Waals surface area contributed by atoms with Crippen LogP contribution < -0.4 is 5.32 Å². The summed E-state index contributed by atoms with van der Waals surface area (Å²) < 4.78 is 13.2. The molecule has 0 aliphatic carbocycles. The zero-order valence-electron chi connectivity index (χ0n) is 16.7. The van der Waals surface area contributed by atoms with Gasteiger partial charge in [0.2, 0.25) is 5.91 Å². The Labute approximate surface area is 179 Å². The fourth-order valence-corrected chi connectivity index (χ4v) is 3.66. The number of benzene rings is 2. The van der Waals surface area contributed by atoms with Gasteiger partial charge in [-0.05, 0) is 36.2 Å². The van der Waals surface area contributed by atoms with Gasteiger partial charge in [-0.2, -0.15) is 0 Å². The maximum absolute atomic E-state index is 13.2. The predicted octanol–water partition coefficient (Wildman–Crippen LogP) is 3.84. The number of amides is 1. The zero-order valence-corrected chi connectivity index (χ0v) is 17.5. The van der Waals surface area contributed by atoms with Gasteiger partial charge in [-0.15, -0.1) is 0 Å². The monoisotopic (exact) mass is 434 g/mol. The molecule has 0 bridgehead atoms. The van der Waals surface area contributed by atoms with Crippen molar-refractivity contribution in [1.29, 1.82) is 0 Å². The van der Waals surface area contributed by atoms with Crippen LogP contribution in [0.15, 0.2) is 36.4 Å². The molecule has 2 aromatic carbocycles. The summed E-state index contributed by atoms with van der Waals surface area (Å²) in [5.74, 6) is -0.455. The van der Waals surface area contributed by atoms with Crippen molar-refractivity contribution in [2.75, 3.05) is 38.0 Å². The highest BCUT2D eigenvalue weighted by molar-refractivity contribution is 6.31. The van der Waals surface area contributed by atoms with E-state index in [0.717, 1.165) is 31.7 Å². The molecule has 1 amide bonds. The first-order valence-electron chi connectivity index (χ1n) is 9.75. The molecule has 1 N–H and O–H groups in total. The second kappa shape index (κ2) is 9.97. The molecule has 0 aromatic heterocycles. The average molecular weight is 435 g/mol. The van der Waals surface area contributed by atoms with E-state index in [1.165, 1.54) is 24.3 Å². The quantitative estimate of drug-likeness (QED) is 0.529. The predicted molar refractivity (Wildman–Crippen MR) is 114 cm³/mol. The fourth-order valence-electron chi connectivity index (χ4n) is 3.44. The van der Waals surface area contributed by atoms with Crippen LogP contribution in [0, 0.1) is 22.9 Å². The van der Waals surface area contributed by atoms with Gasteiger partial charge < -0.3 is 10.2 Å². The molecule has 2 aromatic rings. The molecule has 1 aliphatic rings. The molecule has 1 saturated heterocycles. The summed E-state index contributed by atoms with van der Waals surface area (Å²) in [6.45, 7) is 6.41. The van der Waals surface area contributed by atoms with E-state index in [4.69, 9.17) is 11.6 Å². The summed E-state index contributed by atoms with van der Waals surface area (Å²) in [4.78, 5) is 27.1. The van der Waals surface area contributed by atoms with Crippen LogP contribution >= 0.6 is 11.6 Å². The van der Waals surface area contributed by atoms with E-state index in [2.05, 4.69) is 15.1 Å². The zero-order chi connectivity index (χ0) is 21.7. The molecular formula is C21H24ClFN4O3. The van der Waals surface area contributed by atoms with Crippen LogP contribution in [0.1, 0.15) is 17.5 Å². The van der Waals surface area contributed by atoms with Crippen molar-refractivity contribution in [2.45, 2.75) is 19.9 Å². The van der Waals surface area contributed by atoms with E-state index in [9.17, 15) is 19.3 Å². The third-order valence-corrected chi connectivity index (χ3v) is 5.58. The molecule has 7 nitrogen and oxygen atoms in total. The van der Waals surface area contributed by atoms with Gasteiger partial charge in [0.1, 0.15) is 5.82 Å². The van der Waals surface area contributed by atoms with Crippen molar-refractivity contribution in [3.05, 3.63) is 68.5 Å². The van der Waals surface area contributed by atoms with Crippen molar-refractivity contribution < 1.29 is 14.1 Å². The van der Waals surface area contributed by atoms with Gasteiger partial charge in [-0.1, -0.05) is 17.7 Å². The van der Waals surface area contributed by atoms with Crippen molar-refractivity contribution in [3.8, 4) is 0 Å². The molecule has 3 rings (SSSR count). The van der Waals surface area contributed by atoms with E-state index in [1.54, 1.807) is 19.1 Å². The third kappa shape index (κ3) is 5.98. The van der Waals surface area contributed by atoms with E-state index in [1.807, 2.05) is 0 Å².